The maximum absolute atomic E-state index is 6.45. The molecule has 0 amide bonds. The second-order valence-corrected chi connectivity index (χ2v) is 7.80. The second kappa shape index (κ2) is 6.11. The average molecular weight is 267 g/mol. The molecule has 3 unspecified atom stereocenters. The Bertz CT molecular complexity index is 284. The van der Waals surface area contributed by atoms with E-state index in [1.807, 2.05) is 0 Å². The van der Waals surface area contributed by atoms with Gasteiger partial charge in [0.1, 0.15) is 0 Å². The normalized spacial score (nSPS) is 36.2. The molecular formula is C16H33N3. The van der Waals surface area contributed by atoms with Crippen molar-refractivity contribution < 1.29 is 0 Å². The molecule has 0 aromatic rings. The van der Waals surface area contributed by atoms with Gasteiger partial charge in [-0.3, -0.25) is 4.90 Å². The number of hydrogen-bond donors (Lipinski definition) is 1. The Kier molecular flexibility index (Phi) is 4.91. The van der Waals surface area contributed by atoms with Crippen molar-refractivity contribution in [3.8, 4) is 0 Å². The van der Waals surface area contributed by atoms with Crippen LogP contribution in [0.3, 0.4) is 0 Å². The van der Waals surface area contributed by atoms with Gasteiger partial charge in [-0.15, -0.1) is 0 Å². The topological polar surface area (TPSA) is 32.5 Å². The van der Waals surface area contributed by atoms with Gasteiger partial charge in [0.2, 0.25) is 0 Å². The van der Waals surface area contributed by atoms with Crippen LogP contribution >= 0.6 is 0 Å². The predicted octanol–water partition coefficient (Wildman–Crippen LogP) is 2.17. The van der Waals surface area contributed by atoms with Crippen LogP contribution in [0.2, 0.25) is 0 Å². The molecule has 1 saturated heterocycles. The van der Waals surface area contributed by atoms with Crippen molar-refractivity contribution >= 4 is 0 Å². The number of likely N-dealkylation sites (N-methyl/N-ethyl adjacent to an activating group) is 1. The standard InChI is InChI=1S/C16H33N3/c1-16(2,3)13-6-7-14(17)15(12-13)19-9-5-8-18(4)10-11-19/h13-15H,5-12,17H2,1-4H3. The molecule has 1 heterocycles. The summed E-state index contributed by atoms with van der Waals surface area (Å²) in [5, 5.41) is 0. The van der Waals surface area contributed by atoms with Crippen LogP contribution in [-0.2, 0) is 0 Å². The van der Waals surface area contributed by atoms with Crippen LogP contribution in [0.1, 0.15) is 46.5 Å². The molecule has 19 heavy (non-hydrogen) atoms. The zero-order valence-corrected chi connectivity index (χ0v) is 13.4. The van der Waals surface area contributed by atoms with Crippen LogP contribution in [0.4, 0.5) is 0 Å². The van der Waals surface area contributed by atoms with E-state index in [1.54, 1.807) is 0 Å². The summed E-state index contributed by atoms with van der Waals surface area (Å²) in [5.41, 5.74) is 6.88. The molecule has 2 N–H and O–H groups in total. The van der Waals surface area contributed by atoms with E-state index in [2.05, 4.69) is 37.6 Å². The van der Waals surface area contributed by atoms with Gasteiger partial charge in [-0.2, -0.15) is 0 Å². The van der Waals surface area contributed by atoms with E-state index < -0.39 is 0 Å². The van der Waals surface area contributed by atoms with Crippen LogP contribution in [0, 0.1) is 11.3 Å². The van der Waals surface area contributed by atoms with E-state index in [0.717, 1.165) is 5.92 Å². The highest BCUT2D eigenvalue weighted by molar-refractivity contribution is 4.93. The molecule has 1 aliphatic carbocycles. The first kappa shape index (κ1) is 15.3. The Labute approximate surface area is 119 Å². The van der Waals surface area contributed by atoms with Crippen molar-refractivity contribution in [2.75, 3.05) is 33.2 Å². The first-order valence-corrected chi connectivity index (χ1v) is 8.06. The van der Waals surface area contributed by atoms with Gasteiger partial charge in [0.25, 0.3) is 0 Å². The lowest BCUT2D eigenvalue weighted by molar-refractivity contribution is 0.0717. The minimum absolute atomic E-state index is 0.391. The summed E-state index contributed by atoms with van der Waals surface area (Å²) in [7, 11) is 2.24. The highest BCUT2D eigenvalue weighted by atomic mass is 15.2. The Morgan fingerprint density at radius 2 is 1.74 bits per heavy atom. The van der Waals surface area contributed by atoms with Gasteiger partial charge < -0.3 is 10.6 Å². The average Bonchev–Trinajstić information content (AvgIpc) is 2.53. The van der Waals surface area contributed by atoms with Crippen LogP contribution in [0.5, 0.6) is 0 Å². The van der Waals surface area contributed by atoms with E-state index in [9.17, 15) is 0 Å². The minimum Gasteiger partial charge on any atom is -0.326 e. The molecule has 3 atom stereocenters. The molecule has 0 spiro atoms. The Balaban J connectivity index is 2.00. The maximum Gasteiger partial charge on any atom is 0.0250 e. The van der Waals surface area contributed by atoms with Gasteiger partial charge in [0.15, 0.2) is 0 Å². The number of nitrogens with zero attached hydrogens (tertiary/aromatic N) is 2. The molecule has 2 rings (SSSR count). The minimum atomic E-state index is 0.391. The molecule has 3 heteroatoms. The van der Waals surface area contributed by atoms with E-state index in [-0.39, 0.29) is 0 Å². The van der Waals surface area contributed by atoms with Crippen molar-refractivity contribution in [1.82, 2.24) is 9.80 Å². The summed E-state index contributed by atoms with van der Waals surface area (Å²) in [5.74, 6) is 0.832. The van der Waals surface area contributed by atoms with E-state index in [0.29, 0.717) is 17.5 Å². The summed E-state index contributed by atoms with van der Waals surface area (Å²) in [6.07, 6.45) is 5.11. The summed E-state index contributed by atoms with van der Waals surface area (Å²) < 4.78 is 0. The predicted molar refractivity (Wildman–Crippen MR) is 82.2 cm³/mol. The Hall–Kier alpha value is -0.120. The molecule has 2 fully saturated rings. The van der Waals surface area contributed by atoms with Crippen molar-refractivity contribution in [2.45, 2.75) is 58.5 Å². The molecular weight excluding hydrogens is 234 g/mol. The summed E-state index contributed by atoms with van der Waals surface area (Å²) in [4.78, 5) is 5.14. The fraction of sp³-hybridized carbons (Fsp3) is 1.00. The SMILES string of the molecule is CN1CCCN(C2CC(C(C)(C)C)CCC2N)CC1. The largest absolute Gasteiger partial charge is 0.326 e. The lowest BCUT2D eigenvalue weighted by atomic mass is 9.69. The van der Waals surface area contributed by atoms with Crippen LogP contribution in [0.15, 0.2) is 0 Å². The third-order valence-corrected chi connectivity index (χ3v) is 5.32. The molecule has 0 aromatic heterocycles. The van der Waals surface area contributed by atoms with Crippen LogP contribution < -0.4 is 5.73 Å². The lowest BCUT2D eigenvalue weighted by Gasteiger charge is -2.45. The summed E-state index contributed by atoms with van der Waals surface area (Å²) in [6, 6.07) is 1.01. The Morgan fingerprint density at radius 3 is 2.42 bits per heavy atom. The molecule has 0 radical (unpaired) electrons. The third-order valence-electron chi connectivity index (χ3n) is 5.32. The van der Waals surface area contributed by atoms with Crippen molar-refractivity contribution in [1.29, 1.82) is 0 Å². The summed E-state index contributed by atoms with van der Waals surface area (Å²) in [6.45, 7) is 12.0. The van der Waals surface area contributed by atoms with Gasteiger partial charge in [-0.1, -0.05) is 20.8 Å². The number of rotatable bonds is 1. The first-order chi connectivity index (χ1) is 8.88. The Morgan fingerprint density at radius 1 is 1.00 bits per heavy atom. The van der Waals surface area contributed by atoms with Crippen molar-refractivity contribution in [3.63, 3.8) is 0 Å². The van der Waals surface area contributed by atoms with E-state index in [1.165, 1.54) is 51.9 Å². The second-order valence-electron chi connectivity index (χ2n) is 7.80. The number of hydrogen-bond acceptors (Lipinski definition) is 3. The van der Waals surface area contributed by atoms with E-state index in [4.69, 9.17) is 5.73 Å². The highest BCUT2D eigenvalue weighted by Gasteiger charge is 2.37. The monoisotopic (exact) mass is 267 g/mol. The van der Waals surface area contributed by atoms with Gasteiger partial charge in [0, 0.05) is 25.2 Å². The fourth-order valence-corrected chi connectivity index (χ4v) is 3.77. The fourth-order valence-electron chi connectivity index (χ4n) is 3.77. The molecule has 1 aliphatic heterocycles. The van der Waals surface area contributed by atoms with Gasteiger partial charge in [0.05, 0.1) is 0 Å². The smallest absolute Gasteiger partial charge is 0.0250 e. The summed E-state index contributed by atoms with van der Waals surface area (Å²) >= 11 is 0. The van der Waals surface area contributed by atoms with Gasteiger partial charge >= 0.3 is 0 Å². The lowest BCUT2D eigenvalue weighted by Crippen LogP contribution is -2.53. The van der Waals surface area contributed by atoms with Crippen LogP contribution in [0.25, 0.3) is 0 Å². The molecule has 0 bridgehead atoms. The maximum atomic E-state index is 6.45. The number of nitrogens with two attached hydrogens (primary N) is 1. The van der Waals surface area contributed by atoms with E-state index >= 15 is 0 Å². The highest BCUT2D eigenvalue weighted by Crippen LogP contribution is 2.39. The van der Waals surface area contributed by atoms with Crippen molar-refractivity contribution in [3.05, 3.63) is 0 Å². The van der Waals surface area contributed by atoms with Gasteiger partial charge in [-0.25, -0.2) is 0 Å². The van der Waals surface area contributed by atoms with Crippen LogP contribution in [-0.4, -0.2) is 55.1 Å². The molecule has 3 nitrogen and oxygen atoms in total. The molecule has 1 saturated carbocycles. The third kappa shape index (κ3) is 3.93. The first-order valence-electron chi connectivity index (χ1n) is 8.06. The zero-order valence-electron chi connectivity index (χ0n) is 13.4. The zero-order chi connectivity index (χ0) is 14.0. The molecule has 112 valence electrons. The quantitative estimate of drug-likeness (QED) is 0.790. The van der Waals surface area contributed by atoms with Gasteiger partial charge in [-0.05, 0) is 57.2 Å². The molecule has 2 aliphatic rings. The van der Waals surface area contributed by atoms with Crippen molar-refractivity contribution in [2.24, 2.45) is 17.1 Å². The molecule has 0 aromatic carbocycles.